The highest BCUT2D eigenvalue weighted by atomic mass is 32.2. The topological polar surface area (TPSA) is 104 Å². The molecule has 3 rings (SSSR count). The van der Waals surface area contributed by atoms with Crippen molar-refractivity contribution in [1.29, 1.82) is 0 Å². The van der Waals surface area contributed by atoms with E-state index in [1.807, 2.05) is 17.5 Å². The van der Waals surface area contributed by atoms with Crippen LogP contribution in [0.4, 0.5) is 11.4 Å². The van der Waals surface area contributed by atoms with Crippen LogP contribution < -0.4 is 15.4 Å². The lowest BCUT2D eigenvalue weighted by molar-refractivity contribution is -0.120. The molecular formula is C21H21N3O4S2. The van der Waals surface area contributed by atoms with E-state index in [0.717, 1.165) is 4.88 Å². The zero-order valence-corrected chi connectivity index (χ0v) is 17.8. The second kappa shape index (κ2) is 9.55. The van der Waals surface area contributed by atoms with Crippen molar-refractivity contribution < 1.29 is 18.0 Å². The second-order valence-corrected chi connectivity index (χ2v) is 9.18. The summed E-state index contributed by atoms with van der Waals surface area (Å²) >= 11 is 1.46. The molecule has 156 valence electrons. The smallest absolute Gasteiger partial charge is 0.261 e. The Labute approximate surface area is 179 Å². The van der Waals surface area contributed by atoms with Gasteiger partial charge in [0.15, 0.2) is 0 Å². The first-order valence-corrected chi connectivity index (χ1v) is 11.5. The van der Waals surface area contributed by atoms with E-state index in [-0.39, 0.29) is 23.1 Å². The number of rotatable bonds is 8. The van der Waals surface area contributed by atoms with Crippen LogP contribution in [0, 0.1) is 0 Å². The number of amides is 2. The molecule has 0 fully saturated rings. The average molecular weight is 444 g/mol. The van der Waals surface area contributed by atoms with Crippen LogP contribution >= 0.6 is 11.3 Å². The summed E-state index contributed by atoms with van der Waals surface area (Å²) < 4.78 is 27.5. The molecule has 7 nitrogen and oxygen atoms in total. The molecule has 0 aliphatic carbocycles. The molecule has 0 radical (unpaired) electrons. The van der Waals surface area contributed by atoms with E-state index in [0.29, 0.717) is 11.4 Å². The van der Waals surface area contributed by atoms with Crippen LogP contribution in [0.2, 0.25) is 0 Å². The minimum absolute atomic E-state index is 0.0556. The SMILES string of the molecule is CC(=O)NC(CC(=O)Nc1cccc(NS(=O)(=O)c2ccccc2)c1)c1cccs1. The number of anilines is 2. The molecule has 1 heterocycles. The van der Waals surface area contributed by atoms with Crippen molar-refractivity contribution in [3.8, 4) is 0 Å². The fourth-order valence-corrected chi connectivity index (χ4v) is 4.68. The monoisotopic (exact) mass is 443 g/mol. The van der Waals surface area contributed by atoms with Gasteiger partial charge in [0.05, 0.1) is 23.0 Å². The number of carbonyl (C=O) groups excluding carboxylic acids is 2. The fraction of sp³-hybridized carbons (Fsp3) is 0.143. The molecule has 0 aliphatic rings. The van der Waals surface area contributed by atoms with E-state index in [9.17, 15) is 18.0 Å². The van der Waals surface area contributed by atoms with E-state index in [2.05, 4.69) is 15.4 Å². The Morgan fingerprint density at radius 2 is 1.70 bits per heavy atom. The van der Waals surface area contributed by atoms with Crippen molar-refractivity contribution in [2.45, 2.75) is 24.3 Å². The van der Waals surface area contributed by atoms with Gasteiger partial charge in [-0.25, -0.2) is 8.42 Å². The maximum absolute atomic E-state index is 12.5. The first-order chi connectivity index (χ1) is 14.3. The van der Waals surface area contributed by atoms with Crippen LogP contribution in [0.3, 0.4) is 0 Å². The van der Waals surface area contributed by atoms with Gasteiger partial charge in [-0.15, -0.1) is 11.3 Å². The maximum Gasteiger partial charge on any atom is 0.261 e. The second-order valence-electron chi connectivity index (χ2n) is 6.52. The third-order valence-corrected chi connectivity index (χ3v) is 6.49. The predicted molar refractivity (Wildman–Crippen MR) is 118 cm³/mol. The Kier molecular flexibility index (Phi) is 6.86. The van der Waals surface area contributed by atoms with E-state index in [1.54, 1.807) is 36.4 Å². The van der Waals surface area contributed by atoms with Crippen LogP contribution in [0.25, 0.3) is 0 Å². The number of benzene rings is 2. The summed E-state index contributed by atoms with van der Waals surface area (Å²) in [4.78, 5) is 25.0. The molecule has 2 amide bonds. The third-order valence-electron chi connectivity index (χ3n) is 4.11. The molecule has 1 atom stereocenters. The standard InChI is InChI=1S/C21H21N3O4S2/c1-15(25)22-19(20-11-6-12-29-20)14-21(26)23-16-7-5-8-17(13-16)24-30(27,28)18-9-3-2-4-10-18/h2-13,19,24H,14H2,1H3,(H,22,25)(H,23,26). The van der Waals surface area contributed by atoms with Gasteiger partial charge in [-0.1, -0.05) is 30.3 Å². The van der Waals surface area contributed by atoms with Crippen molar-refractivity contribution in [3.63, 3.8) is 0 Å². The molecular weight excluding hydrogens is 422 g/mol. The summed E-state index contributed by atoms with van der Waals surface area (Å²) in [7, 11) is -3.73. The van der Waals surface area contributed by atoms with Crippen molar-refractivity contribution in [2.75, 3.05) is 10.0 Å². The zero-order valence-electron chi connectivity index (χ0n) is 16.2. The molecule has 1 aromatic heterocycles. The largest absolute Gasteiger partial charge is 0.348 e. The first-order valence-electron chi connectivity index (χ1n) is 9.12. The van der Waals surface area contributed by atoms with Gasteiger partial charge in [0.2, 0.25) is 11.8 Å². The van der Waals surface area contributed by atoms with Gasteiger partial charge in [-0.3, -0.25) is 14.3 Å². The molecule has 0 saturated heterocycles. The van der Waals surface area contributed by atoms with Gasteiger partial charge >= 0.3 is 0 Å². The Balaban J connectivity index is 1.68. The average Bonchev–Trinajstić information content (AvgIpc) is 3.22. The molecule has 2 aromatic carbocycles. The van der Waals surface area contributed by atoms with Crippen LogP contribution in [-0.4, -0.2) is 20.2 Å². The van der Waals surface area contributed by atoms with Crippen LogP contribution in [0.5, 0.6) is 0 Å². The maximum atomic E-state index is 12.5. The summed E-state index contributed by atoms with van der Waals surface area (Å²) in [5.74, 6) is -0.524. The highest BCUT2D eigenvalue weighted by Crippen LogP contribution is 2.24. The molecule has 1 unspecified atom stereocenters. The van der Waals surface area contributed by atoms with Gasteiger partial charge in [0, 0.05) is 17.5 Å². The summed E-state index contributed by atoms with van der Waals surface area (Å²) in [5, 5.41) is 7.41. The lowest BCUT2D eigenvalue weighted by Crippen LogP contribution is -2.29. The number of hydrogen-bond donors (Lipinski definition) is 3. The van der Waals surface area contributed by atoms with E-state index in [1.165, 1.54) is 36.5 Å². The Morgan fingerprint density at radius 3 is 2.37 bits per heavy atom. The van der Waals surface area contributed by atoms with Gasteiger partial charge in [-0.2, -0.15) is 0 Å². The van der Waals surface area contributed by atoms with E-state index < -0.39 is 16.1 Å². The molecule has 9 heteroatoms. The first kappa shape index (κ1) is 21.5. The normalized spacial score (nSPS) is 12.0. The number of sulfonamides is 1. The zero-order chi connectivity index (χ0) is 21.6. The minimum atomic E-state index is -3.73. The molecule has 3 aromatic rings. The molecule has 0 spiro atoms. The quantitative estimate of drug-likeness (QED) is 0.493. The van der Waals surface area contributed by atoms with E-state index >= 15 is 0 Å². The Morgan fingerprint density at radius 1 is 0.967 bits per heavy atom. The Bertz CT molecular complexity index is 1110. The summed E-state index contributed by atoms with van der Waals surface area (Å²) in [6.07, 6.45) is 0.0556. The van der Waals surface area contributed by atoms with Crippen LogP contribution in [0.15, 0.2) is 77.0 Å². The fourth-order valence-electron chi connectivity index (χ4n) is 2.83. The molecule has 30 heavy (non-hydrogen) atoms. The minimum Gasteiger partial charge on any atom is -0.348 e. The number of thiophene rings is 1. The van der Waals surface area contributed by atoms with Crippen molar-refractivity contribution >= 4 is 44.5 Å². The van der Waals surface area contributed by atoms with Crippen LogP contribution in [0.1, 0.15) is 24.3 Å². The van der Waals surface area contributed by atoms with Gasteiger partial charge < -0.3 is 10.6 Å². The van der Waals surface area contributed by atoms with Crippen molar-refractivity contribution in [3.05, 3.63) is 77.0 Å². The Hall–Kier alpha value is -3.17. The lowest BCUT2D eigenvalue weighted by atomic mass is 10.1. The highest BCUT2D eigenvalue weighted by Gasteiger charge is 2.19. The highest BCUT2D eigenvalue weighted by molar-refractivity contribution is 7.92. The number of hydrogen-bond acceptors (Lipinski definition) is 5. The van der Waals surface area contributed by atoms with Crippen molar-refractivity contribution in [2.24, 2.45) is 0 Å². The number of nitrogens with one attached hydrogen (secondary N) is 3. The van der Waals surface area contributed by atoms with E-state index in [4.69, 9.17) is 0 Å². The molecule has 0 saturated carbocycles. The van der Waals surface area contributed by atoms with Gasteiger partial charge in [0.25, 0.3) is 10.0 Å². The number of carbonyl (C=O) groups is 2. The van der Waals surface area contributed by atoms with Gasteiger partial charge in [0.1, 0.15) is 0 Å². The molecule has 3 N–H and O–H groups in total. The van der Waals surface area contributed by atoms with Crippen LogP contribution in [-0.2, 0) is 19.6 Å². The molecule has 0 bridgehead atoms. The summed E-state index contributed by atoms with van der Waals surface area (Å²) in [6.45, 7) is 1.40. The summed E-state index contributed by atoms with van der Waals surface area (Å²) in [6, 6.07) is 17.8. The summed E-state index contributed by atoms with van der Waals surface area (Å²) in [5.41, 5.74) is 0.773. The molecule has 0 aliphatic heterocycles. The predicted octanol–water partition coefficient (Wildman–Crippen LogP) is 3.75. The van der Waals surface area contributed by atoms with Gasteiger partial charge in [-0.05, 0) is 41.8 Å². The third kappa shape index (κ3) is 5.91. The lowest BCUT2D eigenvalue weighted by Gasteiger charge is -2.16. The van der Waals surface area contributed by atoms with Crippen molar-refractivity contribution in [1.82, 2.24) is 5.32 Å².